The molecule has 0 saturated heterocycles. The van der Waals surface area contributed by atoms with Gasteiger partial charge in [-0.25, -0.2) is 0 Å². The van der Waals surface area contributed by atoms with Crippen molar-refractivity contribution < 1.29 is 9.84 Å². The summed E-state index contributed by atoms with van der Waals surface area (Å²) in [5, 5.41) is 17.9. The summed E-state index contributed by atoms with van der Waals surface area (Å²) >= 11 is 0. The van der Waals surface area contributed by atoms with Crippen LogP contribution in [0.4, 0.5) is 0 Å². The van der Waals surface area contributed by atoms with Gasteiger partial charge in [0.25, 0.3) is 0 Å². The van der Waals surface area contributed by atoms with Gasteiger partial charge in [-0.05, 0) is 18.6 Å². The van der Waals surface area contributed by atoms with Crippen molar-refractivity contribution in [3.8, 4) is 11.8 Å². The van der Waals surface area contributed by atoms with Crippen molar-refractivity contribution in [2.75, 3.05) is 7.11 Å². The number of nitriles is 1. The van der Waals surface area contributed by atoms with Gasteiger partial charge in [0.2, 0.25) is 0 Å². The molecule has 0 aliphatic rings. The number of benzene rings is 1. The van der Waals surface area contributed by atoms with Gasteiger partial charge >= 0.3 is 0 Å². The van der Waals surface area contributed by atoms with Gasteiger partial charge in [0.15, 0.2) is 0 Å². The summed E-state index contributed by atoms with van der Waals surface area (Å²) in [6.07, 6.45) is 0.450. The van der Waals surface area contributed by atoms with E-state index in [4.69, 9.17) is 20.8 Å². The van der Waals surface area contributed by atoms with E-state index >= 15 is 0 Å². The fourth-order valence-corrected chi connectivity index (χ4v) is 1.49. The number of nitrogens with two attached hydrogens (primary N) is 1. The molecule has 4 heteroatoms. The van der Waals surface area contributed by atoms with Crippen LogP contribution in [0.5, 0.6) is 5.75 Å². The van der Waals surface area contributed by atoms with E-state index in [2.05, 4.69) is 0 Å². The Bertz CT molecular complexity index is 408. The monoisotopic (exact) mass is 220 g/mol. The second-order valence-electron chi connectivity index (χ2n) is 4.01. The second-order valence-corrected chi connectivity index (χ2v) is 4.01. The quantitative estimate of drug-likeness (QED) is 0.792. The Morgan fingerprint density at radius 3 is 2.75 bits per heavy atom. The Balaban J connectivity index is 2.97. The Morgan fingerprint density at radius 2 is 2.25 bits per heavy atom. The molecule has 3 N–H and O–H groups in total. The Kier molecular flexibility index (Phi) is 3.88. The number of aliphatic hydroxyl groups excluding tert-OH is 1. The van der Waals surface area contributed by atoms with E-state index in [0.717, 1.165) is 11.1 Å². The average Bonchev–Trinajstić information content (AvgIpc) is 2.28. The first-order chi connectivity index (χ1) is 7.52. The highest BCUT2D eigenvalue weighted by Crippen LogP contribution is 2.22. The molecule has 1 atom stereocenters. The first-order valence-electron chi connectivity index (χ1n) is 4.99. The molecule has 1 rings (SSSR count). The zero-order valence-corrected chi connectivity index (χ0v) is 9.53. The van der Waals surface area contributed by atoms with E-state index in [-0.39, 0.29) is 6.61 Å². The summed E-state index contributed by atoms with van der Waals surface area (Å²) in [6, 6.07) is 7.47. The van der Waals surface area contributed by atoms with Crippen LogP contribution in [0.25, 0.3) is 0 Å². The lowest BCUT2D eigenvalue weighted by Crippen LogP contribution is -2.36. The summed E-state index contributed by atoms with van der Waals surface area (Å²) in [5.74, 6) is 0.619. The zero-order chi connectivity index (χ0) is 12.2. The predicted octanol–water partition coefficient (Wildman–Crippen LogP) is 0.971. The molecule has 0 aliphatic heterocycles. The molecule has 0 aromatic heterocycles. The van der Waals surface area contributed by atoms with Crippen molar-refractivity contribution in [2.24, 2.45) is 5.73 Å². The third kappa shape index (κ3) is 2.96. The fraction of sp³-hybridized carbons (Fsp3) is 0.417. The third-order valence-corrected chi connectivity index (χ3v) is 2.35. The summed E-state index contributed by atoms with van der Waals surface area (Å²) in [4.78, 5) is 0. The van der Waals surface area contributed by atoms with Gasteiger partial charge in [-0.2, -0.15) is 5.26 Å². The molecule has 0 bridgehead atoms. The van der Waals surface area contributed by atoms with E-state index in [1.54, 1.807) is 26.2 Å². The number of methoxy groups -OCH3 is 1. The molecule has 0 amide bonds. The van der Waals surface area contributed by atoms with E-state index in [0.29, 0.717) is 12.2 Å². The molecule has 1 unspecified atom stereocenters. The number of hydrogen-bond donors (Lipinski definition) is 2. The lowest BCUT2D eigenvalue weighted by Gasteiger charge is -2.16. The molecule has 0 fully saturated rings. The highest BCUT2D eigenvalue weighted by molar-refractivity contribution is 5.38. The molecule has 86 valence electrons. The minimum absolute atomic E-state index is 0.0679. The Morgan fingerprint density at radius 1 is 1.56 bits per heavy atom. The van der Waals surface area contributed by atoms with Crippen molar-refractivity contribution in [1.82, 2.24) is 0 Å². The second kappa shape index (κ2) is 4.97. The van der Waals surface area contributed by atoms with Crippen LogP contribution in [0.2, 0.25) is 0 Å². The summed E-state index contributed by atoms with van der Waals surface area (Å²) in [7, 11) is 1.55. The molecule has 0 heterocycles. The standard InChI is InChI=1S/C12H16N2O2/c1-12(14,8-13)6-9-3-4-10(7-15)11(5-9)16-2/h3-5,15H,6-7,14H2,1-2H3. The van der Waals surface area contributed by atoms with Crippen LogP contribution in [0.3, 0.4) is 0 Å². The van der Waals surface area contributed by atoms with Crippen LogP contribution in [0.15, 0.2) is 18.2 Å². The molecule has 0 aliphatic carbocycles. The smallest absolute Gasteiger partial charge is 0.124 e. The maximum Gasteiger partial charge on any atom is 0.124 e. The predicted molar refractivity (Wildman–Crippen MR) is 60.8 cm³/mol. The highest BCUT2D eigenvalue weighted by atomic mass is 16.5. The third-order valence-electron chi connectivity index (χ3n) is 2.35. The highest BCUT2D eigenvalue weighted by Gasteiger charge is 2.18. The maximum absolute atomic E-state index is 9.06. The first kappa shape index (κ1) is 12.5. The summed E-state index contributed by atoms with van der Waals surface area (Å²) in [5.41, 5.74) is 6.52. The van der Waals surface area contributed by atoms with Crippen molar-refractivity contribution in [3.05, 3.63) is 29.3 Å². The van der Waals surface area contributed by atoms with Crippen molar-refractivity contribution >= 4 is 0 Å². The fourth-order valence-electron chi connectivity index (χ4n) is 1.49. The van der Waals surface area contributed by atoms with Crippen LogP contribution < -0.4 is 10.5 Å². The zero-order valence-electron chi connectivity index (χ0n) is 9.53. The lowest BCUT2D eigenvalue weighted by atomic mass is 9.95. The van der Waals surface area contributed by atoms with E-state index in [9.17, 15) is 0 Å². The van der Waals surface area contributed by atoms with Crippen molar-refractivity contribution in [2.45, 2.75) is 25.5 Å². The van der Waals surface area contributed by atoms with Crippen molar-refractivity contribution in [3.63, 3.8) is 0 Å². The molecule has 4 nitrogen and oxygen atoms in total. The SMILES string of the molecule is COc1cc(CC(C)(N)C#N)ccc1CO. The van der Waals surface area contributed by atoms with Crippen LogP contribution in [-0.4, -0.2) is 17.8 Å². The van der Waals surface area contributed by atoms with E-state index in [1.807, 2.05) is 12.1 Å². The van der Waals surface area contributed by atoms with Crippen LogP contribution in [0.1, 0.15) is 18.1 Å². The first-order valence-corrected chi connectivity index (χ1v) is 4.99. The van der Waals surface area contributed by atoms with Gasteiger partial charge in [0.05, 0.1) is 19.8 Å². The molecule has 16 heavy (non-hydrogen) atoms. The van der Waals surface area contributed by atoms with Gasteiger partial charge in [-0.15, -0.1) is 0 Å². The maximum atomic E-state index is 9.06. The largest absolute Gasteiger partial charge is 0.496 e. The van der Waals surface area contributed by atoms with Gasteiger partial charge in [0.1, 0.15) is 11.3 Å². The molecule has 0 radical (unpaired) electrons. The number of nitrogens with zero attached hydrogens (tertiary/aromatic N) is 1. The van der Waals surface area contributed by atoms with E-state index < -0.39 is 5.54 Å². The van der Waals surface area contributed by atoms with Gasteiger partial charge < -0.3 is 15.6 Å². The molecule has 1 aromatic carbocycles. The number of aliphatic hydroxyl groups is 1. The molecular formula is C12H16N2O2. The summed E-state index contributed by atoms with van der Waals surface area (Å²) in [6.45, 7) is 1.61. The Hall–Kier alpha value is -1.57. The van der Waals surface area contributed by atoms with Crippen LogP contribution in [-0.2, 0) is 13.0 Å². The minimum Gasteiger partial charge on any atom is -0.496 e. The lowest BCUT2D eigenvalue weighted by molar-refractivity contribution is 0.273. The topological polar surface area (TPSA) is 79.3 Å². The van der Waals surface area contributed by atoms with Gasteiger partial charge in [-0.1, -0.05) is 12.1 Å². The van der Waals surface area contributed by atoms with E-state index in [1.165, 1.54) is 0 Å². The van der Waals surface area contributed by atoms with Crippen molar-refractivity contribution in [1.29, 1.82) is 5.26 Å². The van der Waals surface area contributed by atoms with Gasteiger partial charge in [-0.3, -0.25) is 0 Å². The number of ether oxygens (including phenoxy) is 1. The normalized spacial score (nSPS) is 13.9. The van der Waals surface area contributed by atoms with Gasteiger partial charge in [0, 0.05) is 12.0 Å². The number of rotatable bonds is 4. The average molecular weight is 220 g/mol. The van der Waals surface area contributed by atoms with Crippen LogP contribution >= 0.6 is 0 Å². The Labute approximate surface area is 95.3 Å². The van der Waals surface area contributed by atoms with Crippen LogP contribution in [0, 0.1) is 11.3 Å². The minimum atomic E-state index is -0.883. The molecular weight excluding hydrogens is 204 g/mol. The molecule has 1 aromatic rings. The summed E-state index contributed by atoms with van der Waals surface area (Å²) < 4.78 is 5.14. The number of hydrogen-bond acceptors (Lipinski definition) is 4. The molecule has 0 spiro atoms. The molecule has 0 saturated carbocycles.